The van der Waals surface area contributed by atoms with Crippen LogP contribution in [0.1, 0.15) is 21.5 Å². The Hall–Kier alpha value is -1.27. The Bertz CT molecular complexity index is 445. The molecule has 88 valence electrons. The van der Waals surface area contributed by atoms with Gasteiger partial charge in [0.05, 0.1) is 5.56 Å². The lowest BCUT2D eigenvalue weighted by molar-refractivity contribution is 0.0568. The molecule has 1 aromatic carbocycles. The Morgan fingerprint density at radius 1 is 1.50 bits per heavy atom. The quantitative estimate of drug-likeness (QED) is 0.597. The molecule has 0 saturated heterocycles. The average molecular weight is 245 g/mol. The number of esters is 1. The van der Waals surface area contributed by atoms with E-state index in [2.05, 4.69) is 4.74 Å². The minimum absolute atomic E-state index is 0.0357. The minimum Gasteiger partial charge on any atom is -0.770 e. The van der Waals surface area contributed by atoms with Gasteiger partial charge in [0.25, 0.3) is 0 Å². The van der Waals surface area contributed by atoms with Gasteiger partial charge in [-0.25, -0.2) is 9.18 Å². The number of hydrogen-bond donors (Lipinski definition) is 0. The number of halogens is 1. The molecule has 0 aromatic heterocycles. The molecule has 0 amide bonds. The molecule has 0 heterocycles. The van der Waals surface area contributed by atoms with Crippen LogP contribution in [0.3, 0.4) is 0 Å². The van der Waals surface area contributed by atoms with Crippen LogP contribution in [-0.4, -0.2) is 20.7 Å². The zero-order valence-electron chi connectivity index (χ0n) is 8.78. The maximum atomic E-state index is 13.4. The van der Waals surface area contributed by atoms with Crippen LogP contribution in [0.15, 0.2) is 12.1 Å². The van der Waals surface area contributed by atoms with Gasteiger partial charge < -0.3 is 9.29 Å². The van der Waals surface area contributed by atoms with Crippen LogP contribution in [0.2, 0.25) is 0 Å². The average Bonchev–Trinajstić information content (AvgIpc) is 2.23. The summed E-state index contributed by atoms with van der Waals surface area (Å²) in [5.74, 6) is -2.06. The van der Waals surface area contributed by atoms with Gasteiger partial charge in [0.2, 0.25) is 0 Å². The lowest BCUT2D eigenvalue weighted by atomic mass is 10.1. The molecule has 1 atom stereocenters. The van der Waals surface area contributed by atoms with Crippen LogP contribution in [0.5, 0.6) is 0 Å². The number of ether oxygens (including phenoxy) is 1. The van der Waals surface area contributed by atoms with Crippen LogP contribution in [0, 0.1) is 19.7 Å². The van der Waals surface area contributed by atoms with Gasteiger partial charge in [0, 0.05) is 0 Å². The SMILES string of the molecule is Cc1ccc(C(=O)OCS(=O)[O-])c(C)c1F. The Morgan fingerprint density at radius 2 is 2.12 bits per heavy atom. The van der Waals surface area contributed by atoms with Gasteiger partial charge in [-0.2, -0.15) is 0 Å². The standard InChI is InChI=1S/C10H11FO4S/c1-6-3-4-8(7(2)9(6)11)10(12)15-5-16(13)14/h3-4H,5H2,1-2H3,(H,13,14)/p-1. The summed E-state index contributed by atoms with van der Waals surface area (Å²) in [6.45, 7) is 3.01. The van der Waals surface area contributed by atoms with Crippen molar-refractivity contribution in [2.75, 3.05) is 5.94 Å². The molecule has 0 aliphatic rings. The number of hydrogen-bond acceptors (Lipinski definition) is 4. The summed E-state index contributed by atoms with van der Waals surface area (Å²) in [7, 11) is 0. The molecule has 0 bridgehead atoms. The molecule has 0 N–H and O–H groups in total. The van der Waals surface area contributed by atoms with E-state index in [-0.39, 0.29) is 11.1 Å². The van der Waals surface area contributed by atoms with Gasteiger partial charge in [-0.15, -0.1) is 0 Å². The molecule has 1 aromatic rings. The summed E-state index contributed by atoms with van der Waals surface area (Å²) in [6, 6.07) is 2.84. The van der Waals surface area contributed by atoms with E-state index >= 15 is 0 Å². The lowest BCUT2D eigenvalue weighted by Crippen LogP contribution is -2.12. The van der Waals surface area contributed by atoms with E-state index in [1.807, 2.05) is 0 Å². The first-order valence-electron chi connectivity index (χ1n) is 4.42. The van der Waals surface area contributed by atoms with Crippen molar-refractivity contribution in [2.24, 2.45) is 0 Å². The first-order chi connectivity index (χ1) is 7.43. The Morgan fingerprint density at radius 3 is 2.69 bits per heavy atom. The number of benzene rings is 1. The van der Waals surface area contributed by atoms with Crippen LogP contribution in [0.25, 0.3) is 0 Å². The van der Waals surface area contributed by atoms with Crippen LogP contribution in [0.4, 0.5) is 4.39 Å². The summed E-state index contributed by atoms with van der Waals surface area (Å²) in [5.41, 5.74) is 0.608. The van der Waals surface area contributed by atoms with Gasteiger partial charge in [-0.05, 0) is 42.1 Å². The Kier molecular flexibility index (Phi) is 4.14. The second-order valence-corrected chi connectivity index (χ2v) is 4.07. The predicted molar refractivity (Wildman–Crippen MR) is 55.1 cm³/mol. The van der Waals surface area contributed by atoms with Crippen molar-refractivity contribution in [3.05, 3.63) is 34.6 Å². The maximum Gasteiger partial charge on any atom is 0.339 e. The van der Waals surface area contributed by atoms with E-state index in [1.165, 1.54) is 19.1 Å². The summed E-state index contributed by atoms with van der Waals surface area (Å²) in [4.78, 5) is 11.4. The predicted octanol–water partition coefficient (Wildman–Crippen LogP) is 1.44. The zero-order valence-corrected chi connectivity index (χ0v) is 9.60. The van der Waals surface area contributed by atoms with Crippen molar-refractivity contribution in [1.29, 1.82) is 0 Å². The lowest BCUT2D eigenvalue weighted by Gasteiger charge is -2.10. The third-order valence-electron chi connectivity index (χ3n) is 2.09. The number of carbonyl (C=O) groups is 1. The summed E-state index contributed by atoms with van der Waals surface area (Å²) in [5, 5.41) is 0. The summed E-state index contributed by atoms with van der Waals surface area (Å²) >= 11 is -2.46. The molecule has 0 aliphatic heterocycles. The van der Waals surface area contributed by atoms with Crippen LogP contribution in [-0.2, 0) is 15.8 Å². The minimum atomic E-state index is -2.46. The molecule has 0 spiro atoms. The second kappa shape index (κ2) is 5.18. The van der Waals surface area contributed by atoms with Crippen molar-refractivity contribution in [1.82, 2.24) is 0 Å². The fourth-order valence-corrected chi connectivity index (χ4v) is 1.42. The third-order valence-corrected chi connectivity index (χ3v) is 2.40. The monoisotopic (exact) mass is 245 g/mol. The summed E-state index contributed by atoms with van der Waals surface area (Å²) in [6.07, 6.45) is 0. The first kappa shape index (κ1) is 12.8. The number of aryl methyl sites for hydroxylation is 1. The second-order valence-electron chi connectivity index (χ2n) is 3.22. The molecule has 1 unspecified atom stereocenters. The van der Waals surface area contributed by atoms with E-state index in [0.29, 0.717) is 5.56 Å². The summed E-state index contributed by atoms with van der Waals surface area (Å²) < 4.78 is 38.2. The zero-order chi connectivity index (χ0) is 12.3. The van der Waals surface area contributed by atoms with E-state index in [1.54, 1.807) is 6.92 Å². The fourth-order valence-electron chi connectivity index (χ4n) is 1.22. The van der Waals surface area contributed by atoms with Crippen molar-refractivity contribution in [3.63, 3.8) is 0 Å². The van der Waals surface area contributed by atoms with Crippen molar-refractivity contribution in [2.45, 2.75) is 13.8 Å². The topological polar surface area (TPSA) is 66.4 Å². The Balaban J connectivity index is 2.92. The first-order valence-corrected chi connectivity index (χ1v) is 5.66. The van der Waals surface area contributed by atoms with Crippen LogP contribution < -0.4 is 0 Å². The fraction of sp³-hybridized carbons (Fsp3) is 0.300. The highest BCUT2D eigenvalue weighted by Gasteiger charge is 2.14. The van der Waals surface area contributed by atoms with Gasteiger partial charge >= 0.3 is 5.97 Å². The highest BCUT2D eigenvalue weighted by atomic mass is 32.2. The molecular weight excluding hydrogens is 235 g/mol. The highest BCUT2D eigenvalue weighted by Crippen LogP contribution is 2.17. The van der Waals surface area contributed by atoms with Gasteiger partial charge in [-0.3, -0.25) is 4.21 Å². The molecule has 6 heteroatoms. The number of rotatable bonds is 3. The van der Waals surface area contributed by atoms with Crippen molar-refractivity contribution >= 4 is 17.0 Å². The van der Waals surface area contributed by atoms with E-state index in [9.17, 15) is 17.9 Å². The highest BCUT2D eigenvalue weighted by molar-refractivity contribution is 7.78. The third kappa shape index (κ3) is 2.86. The molecule has 0 fully saturated rings. The van der Waals surface area contributed by atoms with E-state index in [0.717, 1.165) is 0 Å². The molecule has 1 rings (SSSR count). The van der Waals surface area contributed by atoms with Gasteiger partial charge in [0.15, 0.2) is 5.94 Å². The van der Waals surface area contributed by atoms with Crippen molar-refractivity contribution < 1.29 is 22.7 Å². The molecule has 0 radical (unpaired) electrons. The van der Waals surface area contributed by atoms with E-state index in [4.69, 9.17) is 0 Å². The molecule has 0 aliphatic carbocycles. The number of carbonyl (C=O) groups excluding carboxylic acids is 1. The Labute approximate surface area is 94.7 Å². The molecular formula is C10H10FO4S-. The largest absolute Gasteiger partial charge is 0.770 e. The van der Waals surface area contributed by atoms with Crippen molar-refractivity contribution in [3.8, 4) is 0 Å². The molecule has 4 nitrogen and oxygen atoms in total. The normalized spacial score (nSPS) is 12.2. The molecule has 0 saturated carbocycles. The molecule has 16 heavy (non-hydrogen) atoms. The smallest absolute Gasteiger partial charge is 0.339 e. The van der Waals surface area contributed by atoms with Gasteiger partial charge in [0.1, 0.15) is 5.82 Å². The van der Waals surface area contributed by atoms with E-state index < -0.39 is 28.8 Å². The van der Waals surface area contributed by atoms with Gasteiger partial charge in [-0.1, -0.05) is 6.07 Å². The maximum absolute atomic E-state index is 13.4. The van der Waals surface area contributed by atoms with Crippen LogP contribution >= 0.6 is 0 Å².